The molecule has 2 amide bonds. The SMILES string of the molecule is O=C(CSc1cccc(NC(=O)c2cccc3cccc(C(=O)O)c23)c1)Nc1ccc(Cl)cc1. The third-order valence-electron chi connectivity index (χ3n) is 4.97. The number of fused-ring (bicyclic) bond motifs is 1. The van der Waals surface area contributed by atoms with Crippen molar-refractivity contribution in [2.45, 2.75) is 4.90 Å². The Morgan fingerprint density at radius 3 is 2.18 bits per heavy atom. The van der Waals surface area contributed by atoms with Crippen LogP contribution in [0.1, 0.15) is 20.7 Å². The first-order valence-corrected chi connectivity index (χ1v) is 11.6. The zero-order chi connectivity index (χ0) is 24.1. The number of thioether (sulfide) groups is 1. The molecule has 0 radical (unpaired) electrons. The van der Waals surface area contributed by atoms with E-state index in [0.717, 1.165) is 4.90 Å². The molecule has 0 atom stereocenters. The number of aromatic carboxylic acids is 1. The zero-order valence-corrected chi connectivity index (χ0v) is 19.3. The molecule has 0 bridgehead atoms. The van der Waals surface area contributed by atoms with Crippen molar-refractivity contribution in [1.82, 2.24) is 0 Å². The summed E-state index contributed by atoms with van der Waals surface area (Å²) in [6.45, 7) is 0. The number of halogens is 1. The summed E-state index contributed by atoms with van der Waals surface area (Å²) in [5.74, 6) is -1.49. The van der Waals surface area contributed by atoms with E-state index in [2.05, 4.69) is 10.6 Å². The number of anilines is 2. The fourth-order valence-electron chi connectivity index (χ4n) is 3.45. The Hall–Kier alpha value is -3.81. The second-order valence-electron chi connectivity index (χ2n) is 7.34. The Kier molecular flexibility index (Phi) is 7.15. The molecule has 4 aromatic rings. The predicted molar refractivity (Wildman–Crippen MR) is 136 cm³/mol. The van der Waals surface area contributed by atoms with Gasteiger partial charge in [-0.1, -0.05) is 41.9 Å². The van der Waals surface area contributed by atoms with Gasteiger partial charge in [-0.05, 0) is 60.0 Å². The molecule has 0 saturated carbocycles. The monoisotopic (exact) mass is 490 g/mol. The number of carbonyl (C=O) groups is 3. The molecule has 0 spiro atoms. The number of amides is 2. The van der Waals surface area contributed by atoms with E-state index >= 15 is 0 Å². The molecule has 0 unspecified atom stereocenters. The van der Waals surface area contributed by atoms with E-state index in [0.29, 0.717) is 27.2 Å². The normalized spacial score (nSPS) is 10.6. The molecule has 0 aliphatic carbocycles. The number of hydrogen-bond acceptors (Lipinski definition) is 4. The van der Waals surface area contributed by atoms with Crippen molar-refractivity contribution >= 4 is 63.3 Å². The fourth-order valence-corrected chi connectivity index (χ4v) is 4.33. The third kappa shape index (κ3) is 5.57. The van der Waals surface area contributed by atoms with E-state index in [-0.39, 0.29) is 22.8 Å². The summed E-state index contributed by atoms with van der Waals surface area (Å²) in [5.41, 5.74) is 1.54. The highest BCUT2D eigenvalue weighted by Crippen LogP contribution is 2.26. The number of carboxylic acid groups (broad SMARTS) is 1. The molecule has 4 rings (SSSR count). The molecule has 0 aliphatic rings. The Balaban J connectivity index is 1.45. The zero-order valence-electron chi connectivity index (χ0n) is 17.7. The van der Waals surface area contributed by atoms with Gasteiger partial charge in [-0.3, -0.25) is 9.59 Å². The number of nitrogens with one attached hydrogen (secondary N) is 2. The average molecular weight is 491 g/mol. The molecular weight excluding hydrogens is 472 g/mol. The molecule has 3 N–H and O–H groups in total. The van der Waals surface area contributed by atoms with Crippen LogP contribution in [0.25, 0.3) is 10.8 Å². The van der Waals surface area contributed by atoms with Crippen molar-refractivity contribution in [3.05, 3.63) is 101 Å². The second-order valence-corrected chi connectivity index (χ2v) is 8.83. The number of hydrogen-bond donors (Lipinski definition) is 3. The number of carbonyl (C=O) groups excluding carboxylic acids is 2. The molecule has 0 heterocycles. The fraction of sp³-hybridized carbons (Fsp3) is 0.0385. The van der Waals surface area contributed by atoms with Crippen molar-refractivity contribution in [2.75, 3.05) is 16.4 Å². The van der Waals surface area contributed by atoms with Gasteiger partial charge in [0.2, 0.25) is 5.91 Å². The second kappa shape index (κ2) is 10.4. The van der Waals surface area contributed by atoms with Crippen molar-refractivity contribution in [1.29, 1.82) is 0 Å². The molecule has 8 heteroatoms. The molecule has 0 fully saturated rings. The summed E-state index contributed by atoms with van der Waals surface area (Å²) in [6, 6.07) is 24.0. The quantitative estimate of drug-likeness (QED) is 0.269. The van der Waals surface area contributed by atoms with E-state index in [1.807, 2.05) is 6.07 Å². The van der Waals surface area contributed by atoms with Gasteiger partial charge in [0.05, 0.1) is 11.3 Å². The molecule has 170 valence electrons. The van der Waals surface area contributed by atoms with Crippen LogP contribution in [-0.4, -0.2) is 28.6 Å². The Labute approximate surface area is 204 Å². The lowest BCUT2D eigenvalue weighted by atomic mass is 9.98. The first kappa shape index (κ1) is 23.4. The lowest BCUT2D eigenvalue weighted by Gasteiger charge is -2.11. The Morgan fingerprint density at radius 1 is 0.794 bits per heavy atom. The van der Waals surface area contributed by atoms with Crippen molar-refractivity contribution in [3.63, 3.8) is 0 Å². The molecule has 34 heavy (non-hydrogen) atoms. The summed E-state index contributed by atoms with van der Waals surface area (Å²) in [6.07, 6.45) is 0. The summed E-state index contributed by atoms with van der Waals surface area (Å²) < 4.78 is 0. The van der Waals surface area contributed by atoms with Crippen molar-refractivity contribution < 1.29 is 19.5 Å². The van der Waals surface area contributed by atoms with Crippen LogP contribution >= 0.6 is 23.4 Å². The van der Waals surface area contributed by atoms with Crippen LogP contribution in [0, 0.1) is 0 Å². The maximum Gasteiger partial charge on any atom is 0.336 e. The van der Waals surface area contributed by atoms with Gasteiger partial charge >= 0.3 is 5.97 Å². The van der Waals surface area contributed by atoms with E-state index in [1.54, 1.807) is 72.8 Å². The van der Waals surface area contributed by atoms with Gasteiger partial charge in [-0.25, -0.2) is 4.79 Å². The van der Waals surface area contributed by atoms with E-state index in [4.69, 9.17) is 11.6 Å². The third-order valence-corrected chi connectivity index (χ3v) is 6.22. The molecule has 4 aromatic carbocycles. The van der Waals surface area contributed by atoms with Crippen LogP contribution in [0.2, 0.25) is 5.02 Å². The van der Waals surface area contributed by atoms with Crippen LogP contribution in [0.3, 0.4) is 0 Å². The van der Waals surface area contributed by atoms with Crippen LogP contribution in [0.5, 0.6) is 0 Å². The highest BCUT2D eigenvalue weighted by atomic mass is 35.5. The number of benzene rings is 4. The van der Waals surface area contributed by atoms with Crippen LogP contribution in [-0.2, 0) is 4.79 Å². The van der Waals surface area contributed by atoms with Gasteiger partial charge in [0.1, 0.15) is 0 Å². The summed E-state index contributed by atoms with van der Waals surface area (Å²) in [4.78, 5) is 37.7. The maximum absolute atomic E-state index is 13.0. The number of rotatable bonds is 7. The maximum atomic E-state index is 13.0. The summed E-state index contributed by atoms with van der Waals surface area (Å²) in [5, 5.41) is 16.8. The minimum absolute atomic E-state index is 0.0688. The molecule has 6 nitrogen and oxygen atoms in total. The van der Waals surface area contributed by atoms with Crippen molar-refractivity contribution in [3.8, 4) is 0 Å². The van der Waals surface area contributed by atoms with Gasteiger partial charge in [-0.15, -0.1) is 11.8 Å². The first-order valence-electron chi connectivity index (χ1n) is 10.3. The van der Waals surface area contributed by atoms with E-state index < -0.39 is 11.9 Å². The standard InChI is InChI=1S/C26H19ClN2O4S/c27-17-10-12-18(13-11-17)28-23(30)15-34-20-7-3-6-19(14-20)29-25(31)21-8-1-4-16-5-2-9-22(24(16)21)26(32)33/h1-14H,15H2,(H,28,30)(H,29,31)(H,32,33). The van der Waals surface area contributed by atoms with Gasteiger partial charge in [0, 0.05) is 32.2 Å². The van der Waals surface area contributed by atoms with Crippen molar-refractivity contribution in [2.24, 2.45) is 0 Å². The first-order chi connectivity index (χ1) is 16.4. The summed E-state index contributed by atoms with van der Waals surface area (Å²) >= 11 is 7.19. The minimum atomic E-state index is -1.10. The Bertz CT molecular complexity index is 1380. The highest BCUT2D eigenvalue weighted by molar-refractivity contribution is 8.00. The minimum Gasteiger partial charge on any atom is -0.478 e. The van der Waals surface area contributed by atoms with Gasteiger partial charge in [-0.2, -0.15) is 0 Å². The van der Waals surface area contributed by atoms with Gasteiger partial charge in [0.25, 0.3) is 5.91 Å². The largest absolute Gasteiger partial charge is 0.478 e. The van der Waals surface area contributed by atoms with Crippen LogP contribution < -0.4 is 10.6 Å². The topological polar surface area (TPSA) is 95.5 Å². The molecule has 0 saturated heterocycles. The van der Waals surface area contributed by atoms with Gasteiger partial charge in [0.15, 0.2) is 0 Å². The van der Waals surface area contributed by atoms with Gasteiger partial charge < -0.3 is 15.7 Å². The lowest BCUT2D eigenvalue weighted by Crippen LogP contribution is -2.14. The molecule has 0 aromatic heterocycles. The van der Waals surface area contributed by atoms with Crippen LogP contribution in [0.4, 0.5) is 11.4 Å². The number of carboxylic acids is 1. The highest BCUT2D eigenvalue weighted by Gasteiger charge is 2.17. The van der Waals surface area contributed by atoms with E-state index in [1.165, 1.54) is 17.8 Å². The predicted octanol–water partition coefficient (Wildman–Crippen LogP) is 6.17. The molecular formula is C26H19ClN2O4S. The smallest absolute Gasteiger partial charge is 0.336 e. The summed E-state index contributed by atoms with van der Waals surface area (Å²) in [7, 11) is 0. The lowest BCUT2D eigenvalue weighted by molar-refractivity contribution is -0.113. The Morgan fingerprint density at radius 2 is 1.47 bits per heavy atom. The average Bonchev–Trinajstić information content (AvgIpc) is 2.83. The molecule has 0 aliphatic heterocycles. The van der Waals surface area contributed by atoms with Crippen LogP contribution in [0.15, 0.2) is 89.8 Å². The van der Waals surface area contributed by atoms with E-state index in [9.17, 15) is 19.5 Å².